The van der Waals surface area contributed by atoms with Gasteiger partial charge in [-0.25, -0.2) is 9.18 Å². The van der Waals surface area contributed by atoms with Crippen molar-refractivity contribution in [2.24, 2.45) is 0 Å². The van der Waals surface area contributed by atoms with Gasteiger partial charge in [0.2, 0.25) is 0 Å². The van der Waals surface area contributed by atoms with Crippen LogP contribution in [0.15, 0.2) is 40.1 Å². The van der Waals surface area contributed by atoms with E-state index >= 15 is 4.39 Å². The molecule has 1 aliphatic rings. The number of rotatable bonds is 10. The van der Waals surface area contributed by atoms with Gasteiger partial charge in [0.05, 0.1) is 18.7 Å². The van der Waals surface area contributed by atoms with Crippen LogP contribution in [0.25, 0.3) is 0 Å². The molecule has 0 saturated carbocycles. The molecule has 1 saturated heterocycles. The summed E-state index contributed by atoms with van der Waals surface area (Å²) in [4.78, 5) is 44.0. The number of aliphatic hydroxyl groups excluding tert-OH is 1. The van der Waals surface area contributed by atoms with Gasteiger partial charge in [-0.2, -0.15) is 0 Å². The number of hydrogen-bond acceptors (Lipinski definition) is 9. The summed E-state index contributed by atoms with van der Waals surface area (Å²) in [7, 11) is -2.27. The van der Waals surface area contributed by atoms with Crippen molar-refractivity contribution >= 4 is 37.3 Å². The van der Waals surface area contributed by atoms with E-state index in [1.807, 2.05) is 4.98 Å². The minimum atomic E-state index is -3.38. The number of ether oxygens (including phenoxy) is 2. The first kappa shape index (κ1) is 29.3. The van der Waals surface area contributed by atoms with E-state index < -0.39 is 62.2 Å². The molecule has 1 aliphatic heterocycles. The summed E-state index contributed by atoms with van der Waals surface area (Å²) in [5.41, 5.74) is -4.09. The van der Waals surface area contributed by atoms with Crippen LogP contribution in [-0.4, -0.2) is 63.1 Å². The van der Waals surface area contributed by atoms with Crippen molar-refractivity contribution < 1.29 is 37.7 Å². The summed E-state index contributed by atoms with van der Waals surface area (Å²) in [6, 6.07) is 3.90. The predicted molar refractivity (Wildman–Crippen MR) is 131 cm³/mol. The van der Waals surface area contributed by atoms with Gasteiger partial charge in [0.25, 0.3) is 5.56 Å². The molecule has 0 radical (unpaired) electrons. The van der Waals surface area contributed by atoms with Crippen LogP contribution in [0.2, 0.25) is 10.0 Å². The fourth-order valence-corrected chi connectivity index (χ4v) is 5.24. The van der Waals surface area contributed by atoms with E-state index in [0.29, 0.717) is 9.86 Å². The molecule has 2 aromatic rings. The SMILES string of the molecule is CC[C@@]1(F)[C@H](O)[C@@H](CON(C(C)C(=O)OC)[PH](=O)Oc2ccc(Cl)cc2Cl)O[C@H]1n1ccc(=O)[nH]c1=O. The average Bonchev–Trinajstić information content (AvgIpc) is 3.10. The molecule has 12 nitrogen and oxygen atoms in total. The van der Waals surface area contributed by atoms with Crippen molar-refractivity contribution in [2.45, 2.75) is 50.4 Å². The Morgan fingerprint density at radius 3 is 2.68 bits per heavy atom. The molecule has 0 amide bonds. The maximum absolute atomic E-state index is 15.8. The number of halogens is 3. The largest absolute Gasteiger partial charge is 0.468 e. The topological polar surface area (TPSA) is 149 Å². The van der Waals surface area contributed by atoms with Crippen molar-refractivity contribution in [3.63, 3.8) is 0 Å². The lowest BCUT2D eigenvalue weighted by Crippen LogP contribution is -2.46. The summed E-state index contributed by atoms with van der Waals surface area (Å²) in [6.45, 7) is 2.16. The van der Waals surface area contributed by atoms with Gasteiger partial charge in [-0.1, -0.05) is 35.0 Å². The number of nitrogens with zero attached hydrogens (tertiary/aromatic N) is 2. The van der Waals surface area contributed by atoms with E-state index in [1.54, 1.807) is 0 Å². The van der Waals surface area contributed by atoms with Crippen LogP contribution in [0.3, 0.4) is 0 Å². The molecule has 2 unspecified atom stereocenters. The third-order valence-corrected chi connectivity index (χ3v) is 7.55. The molecule has 1 aromatic heterocycles. The minimum Gasteiger partial charge on any atom is -0.468 e. The number of alkyl halides is 1. The van der Waals surface area contributed by atoms with Crippen LogP contribution in [0, 0.1) is 0 Å². The average molecular weight is 584 g/mol. The molecule has 0 aliphatic carbocycles. The molecule has 1 aromatic carbocycles. The molecule has 0 spiro atoms. The molecule has 2 heterocycles. The number of hydrogen-bond donors (Lipinski definition) is 2. The second-order valence-corrected chi connectivity index (χ2v) is 10.1. The number of aromatic amines is 1. The highest BCUT2D eigenvalue weighted by Crippen LogP contribution is 2.44. The van der Waals surface area contributed by atoms with E-state index in [2.05, 4.69) is 4.74 Å². The first-order chi connectivity index (χ1) is 17.4. The van der Waals surface area contributed by atoms with Gasteiger partial charge in [-0.15, -0.1) is 0 Å². The highest BCUT2D eigenvalue weighted by atomic mass is 35.5. The standard InChI is InChI=1S/C21H25Cl2FN3O9P/c1-4-21(24)17(29)15(35-19(21)26-8-7-16(28)25-20(26)31)10-34-27(11(2)18(30)33-3)37(32)36-14-6-5-12(22)9-13(14)23/h5-9,11,15,17,19,29,37H,4,10H2,1-3H3,(H,25,28,31)/t11?,15-,17-,19-,21-/m1/s1. The number of aromatic nitrogens is 2. The minimum absolute atomic E-state index is 0.0101. The highest BCUT2D eigenvalue weighted by molar-refractivity contribution is 7.36. The predicted octanol–water partition coefficient (Wildman–Crippen LogP) is 2.48. The molecular weight excluding hydrogens is 559 g/mol. The second kappa shape index (κ2) is 12.1. The summed E-state index contributed by atoms with van der Waals surface area (Å²) >= 11 is 11.9. The molecule has 0 bridgehead atoms. The highest BCUT2D eigenvalue weighted by Gasteiger charge is 2.57. The number of carbonyl (C=O) groups is 1. The Hall–Kier alpha value is -2.25. The maximum atomic E-state index is 15.8. The summed E-state index contributed by atoms with van der Waals surface area (Å²) < 4.78 is 45.4. The van der Waals surface area contributed by atoms with E-state index in [1.165, 1.54) is 32.0 Å². The maximum Gasteiger partial charge on any atom is 0.331 e. The lowest BCUT2D eigenvalue weighted by Gasteiger charge is -2.28. The van der Waals surface area contributed by atoms with Crippen LogP contribution < -0.4 is 15.8 Å². The Kier molecular flexibility index (Phi) is 9.57. The first-order valence-corrected chi connectivity index (χ1v) is 13.0. The molecule has 16 heteroatoms. The zero-order valence-electron chi connectivity index (χ0n) is 19.9. The Balaban J connectivity index is 1.83. The summed E-state index contributed by atoms with van der Waals surface area (Å²) in [6.07, 6.45) is -4.02. The summed E-state index contributed by atoms with van der Waals surface area (Å²) in [5.74, 6) is -0.841. The molecule has 204 valence electrons. The van der Waals surface area contributed by atoms with Gasteiger partial charge in [0.15, 0.2) is 11.9 Å². The molecule has 2 N–H and O–H groups in total. The second-order valence-electron chi connectivity index (χ2n) is 8.03. The van der Waals surface area contributed by atoms with Gasteiger partial charge in [-0.3, -0.25) is 28.5 Å². The van der Waals surface area contributed by atoms with Crippen LogP contribution in [0.4, 0.5) is 4.39 Å². The zero-order chi connectivity index (χ0) is 27.5. The van der Waals surface area contributed by atoms with E-state index in [-0.39, 0.29) is 17.2 Å². The van der Waals surface area contributed by atoms with Crippen LogP contribution in [0.1, 0.15) is 26.5 Å². The number of benzene rings is 1. The zero-order valence-corrected chi connectivity index (χ0v) is 22.4. The van der Waals surface area contributed by atoms with E-state index in [0.717, 1.165) is 23.9 Å². The van der Waals surface area contributed by atoms with Gasteiger partial charge < -0.3 is 19.1 Å². The quantitative estimate of drug-likeness (QED) is 0.242. The van der Waals surface area contributed by atoms with Gasteiger partial charge in [-0.05, 0) is 31.5 Å². The fraction of sp³-hybridized carbons (Fsp3) is 0.476. The van der Waals surface area contributed by atoms with E-state index in [9.17, 15) is 24.1 Å². The first-order valence-electron chi connectivity index (χ1n) is 10.9. The number of nitrogens with one attached hydrogen (secondary N) is 1. The lowest BCUT2D eigenvalue weighted by atomic mass is 9.93. The van der Waals surface area contributed by atoms with Crippen molar-refractivity contribution in [3.05, 3.63) is 61.3 Å². The Labute approximate surface area is 220 Å². The van der Waals surface area contributed by atoms with E-state index in [4.69, 9.17) is 37.3 Å². The third kappa shape index (κ3) is 6.26. The Morgan fingerprint density at radius 1 is 1.38 bits per heavy atom. The number of hydroxylamine groups is 1. The lowest BCUT2D eigenvalue weighted by molar-refractivity contribution is -0.179. The van der Waals surface area contributed by atoms with Crippen LogP contribution in [-0.2, 0) is 23.7 Å². The summed E-state index contributed by atoms with van der Waals surface area (Å²) in [5, 5.41) is 11.1. The molecule has 37 heavy (non-hydrogen) atoms. The Morgan fingerprint density at radius 2 is 2.08 bits per heavy atom. The Bertz CT molecular complexity index is 1280. The van der Waals surface area contributed by atoms with Crippen molar-refractivity contribution in [1.29, 1.82) is 0 Å². The van der Waals surface area contributed by atoms with Crippen molar-refractivity contribution in [2.75, 3.05) is 13.7 Å². The number of H-pyrrole nitrogens is 1. The van der Waals surface area contributed by atoms with Gasteiger partial charge in [0, 0.05) is 17.3 Å². The number of carbonyl (C=O) groups excluding carboxylic acids is 1. The third-order valence-electron chi connectivity index (χ3n) is 5.75. The molecular formula is C21H25Cl2FN3O9P. The molecule has 6 atom stereocenters. The monoisotopic (exact) mass is 583 g/mol. The number of esters is 1. The fourth-order valence-electron chi connectivity index (χ4n) is 3.67. The van der Waals surface area contributed by atoms with Gasteiger partial charge in [0.1, 0.15) is 24.0 Å². The molecule has 1 fully saturated rings. The van der Waals surface area contributed by atoms with Crippen LogP contribution >= 0.6 is 31.4 Å². The number of aliphatic hydroxyl groups is 1. The van der Waals surface area contributed by atoms with Gasteiger partial charge >= 0.3 is 19.8 Å². The number of methoxy groups -OCH3 is 1. The van der Waals surface area contributed by atoms with Crippen LogP contribution in [0.5, 0.6) is 5.75 Å². The normalized spacial score (nSPS) is 25.1. The van der Waals surface area contributed by atoms with Crippen molar-refractivity contribution in [3.8, 4) is 5.75 Å². The smallest absolute Gasteiger partial charge is 0.331 e. The van der Waals surface area contributed by atoms with Crippen molar-refractivity contribution in [1.82, 2.24) is 14.4 Å². The molecule has 3 rings (SSSR count).